The molecule has 1 unspecified atom stereocenters. The molecule has 0 radical (unpaired) electrons. The first-order valence-corrected chi connectivity index (χ1v) is 10.3. The van der Waals surface area contributed by atoms with E-state index in [2.05, 4.69) is 15.1 Å². The molecule has 28 heavy (non-hydrogen) atoms. The van der Waals surface area contributed by atoms with E-state index < -0.39 is 0 Å². The van der Waals surface area contributed by atoms with Gasteiger partial charge in [0.15, 0.2) is 0 Å². The largest absolute Gasteiger partial charge is 0.342 e. The van der Waals surface area contributed by atoms with E-state index in [1.807, 2.05) is 16.5 Å². The molecule has 0 bridgehead atoms. The van der Waals surface area contributed by atoms with Crippen molar-refractivity contribution in [1.29, 1.82) is 0 Å². The van der Waals surface area contributed by atoms with Gasteiger partial charge >= 0.3 is 0 Å². The number of thiazole rings is 1. The normalized spacial score (nSPS) is 17.0. The van der Waals surface area contributed by atoms with Crippen molar-refractivity contribution < 1.29 is 13.7 Å². The molecule has 1 aliphatic heterocycles. The van der Waals surface area contributed by atoms with Crippen LogP contribution in [0.2, 0.25) is 0 Å². The Morgan fingerprint density at radius 1 is 1.32 bits per heavy atom. The Balaban J connectivity index is 1.27. The fourth-order valence-corrected chi connectivity index (χ4v) is 4.23. The zero-order valence-electron chi connectivity index (χ0n) is 15.4. The lowest BCUT2D eigenvalue weighted by Crippen LogP contribution is -2.39. The summed E-state index contributed by atoms with van der Waals surface area (Å²) in [6.45, 7) is 1.57. The van der Waals surface area contributed by atoms with Gasteiger partial charge in [-0.05, 0) is 43.5 Å². The molecule has 3 heterocycles. The van der Waals surface area contributed by atoms with Crippen molar-refractivity contribution in [2.24, 2.45) is 0 Å². The summed E-state index contributed by atoms with van der Waals surface area (Å²) < 4.78 is 18.3. The van der Waals surface area contributed by atoms with Crippen LogP contribution in [0.1, 0.15) is 42.5 Å². The predicted molar refractivity (Wildman–Crippen MR) is 103 cm³/mol. The van der Waals surface area contributed by atoms with Gasteiger partial charge in [-0.1, -0.05) is 5.16 Å². The summed E-state index contributed by atoms with van der Waals surface area (Å²) in [7, 11) is 0. The van der Waals surface area contributed by atoms with E-state index >= 15 is 0 Å². The van der Waals surface area contributed by atoms with Gasteiger partial charge in [0.05, 0.1) is 5.01 Å². The fraction of sp³-hybridized carbons (Fsp3) is 0.400. The number of aromatic nitrogens is 3. The van der Waals surface area contributed by atoms with Crippen LogP contribution in [0.25, 0.3) is 11.4 Å². The smallest absolute Gasteiger partial charge is 0.226 e. The number of nitrogens with zero attached hydrogens (tertiary/aromatic N) is 4. The molecule has 146 valence electrons. The van der Waals surface area contributed by atoms with Crippen LogP contribution < -0.4 is 0 Å². The lowest BCUT2D eigenvalue weighted by Gasteiger charge is -2.32. The van der Waals surface area contributed by atoms with Gasteiger partial charge in [0, 0.05) is 49.0 Å². The Morgan fingerprint density at radius 2 is 2.18 bits per heavy atom. The standard InChI is InChI=1S/C20H21FN4O2S/c21-16-8-6-14(7-9-16)19-23-17(27-24-19)4-1-5-18(26)25-11-2-3-15(13-25)20-22-10-12-28-20/h6-10,12,15H,1-5,11,13H2. The molecule has 1 saturated heterocycles. The number of carbonyl (C=O) groups is 1. The van der Waals surface area contributed by atoms with E-state index in [1.165, 1.54) is 12.1 Å². The molecule has 1 amide bonds. The molecule has 4 rings (SSSR count). The van der Waals surface area contributed by atoms with Gasteiger partial charge in [0.2, 0.25) is 17.6 Å². The Morgan fingerprint density at radius 3 is 2.96 bits per heavy atom. The van der Waals surface area contributed by atoms with Gasteiger partial charge in [-0.15, -0.1) is 11.3 Å². The maximum atomic E-state index is 13.0. The van der Waals surface area contributed by atoms with E-state index in [4.69, 9.17) is 4.52 Å². The topological polar surface area (TPSA) is 72.1 Å². The third-order valence-electron chi connectivity index (χ3n) is 4.93. The van der Waals surface area contributed by atoms with Crippen LogP contribution in [0.4, 0.5) is 4.39 Å². The lowest BCUT2D eigenvalue weighted by molar-refractivity contribution is -0.132. The van der Waals surface area contributed by atoms with Crippen LogP contribution in [0, 0.1) is 5.82 Å². The van der Waals surface area contributed by atoms with E-state index in [9.17, 15) is 9.18 Å². The lowest BCUT2D eigenvalue weighted by atomic mass is 9.98. The number of halogens is 1. The first-order valence-electron chi connectivity index (χ1n) is 9.45. The zero-order chi connectivity index (χ0) is 19.3. The van der Waals surface area contributed by atoms with E-state index in [0.717, 1.165) is 30.9 Å². The number of benzene rings is 1. The minimum absolute atomic E-state index is 0.166. The van der Waals surface area contributed by atoms with Gasteiger partial charge in [-0.3, -0.25) is 4.79 Å². The molecule has 0 aliphatic carbocycles. The second-order valence-corrected chi connectivity index (χ2v) is 7.85. The summed E-state index contributed by atoms with van der Waals surface area (Å²) in [5, 5.41) is 7.04. The first kappa shape index (κ1) is 18.7. The SMILES string of the molecule is O=C(CCCc1nc(-c2ccc(F)cc2)no1)N1CCCC(c2nccs2)C1. The van der Waals surface area contributed by atoms with Crippen LogP contribution in [0.15, 0.2) is 40.4 Å². The minimum atomic E-state index is -0.305. The van der Waals surface area contributed by atoms with Gasteiger partial charge < -0.3 is 9.42 Å². The molecule has 0 saturated carbocycles. The van der Waals surface area contributed by atoms with E-state index in [-0.39, 0.29) is 11.7 Å². The monoisotopic (exact) mass is 400 g/mol. The van der Waals surface area contributed by atoms with Gasteiger partial charge in [0.1, 0.15) is 5.82 Å². The average molecular weight is 400 g/mol. The van der Waals surface area contributed by atoms with Crippen LogP contribution in [0.5, 0.6) is 0 Å². The summed E-state index contributed by atoms with van der Waals surface area (Å²) in [5.74, 6) is 1.14. The van der Waals surface area contributed by atoms with Crippen molar-refractivity contribution in [2.75, 3.05) is 13.1 Å². The second-order valence-electron chi connectivity index (χ2n) is 6.92. The minimum Gasteiger partial charge on any atom is -0.342 e. The van der Waals surface area contributed by atoms with Crippen molar-refractivity contribution in [1.82, 2.24) is 20.0 Å². The third-order valence-corrected chi connectivity index (χ3v) is 5.86. The van der Waals surface area contributed by atoms with Gasteiger partial charge in [-0.25, -0.2) is 9.37 Å². The number of piperidine rings is 1. The van der Waals surface area contributed by atoms with E-state index in [1.54, 1.807) is 23.5 Å². The number of hydrogen-bond acceptors (Lipinski definition) is 6. The summed E-state index contributed by atoms with van der Waals surface area (Å²) in [4.78, 5) is 23.3. The highest BCUT2D eigenvalue weighted by Gasteiger charge is 2.25. The molecule has 6 nitrogen and oxygen atoms in total. The molecule has 1 aromatic carbocycles. The van der Waals surface area contributed by atoms with Crippen molar-refractivity contribution in [3.63, 3.8) is 0 Å². The molecule has 1 aliphatic rings. The van der Waals surface area contributed by atoms with Crippen molar-refractivity contribution >= 4 is 17.2 Å². The molecular weight excluding hydrogens is 379 g/mol. The van der Waals surface area contributed by atoms with Crippen LogP contribution in [0.3, 0.4) is 0 Å². The van der Waals surface area contributed by atoms with E-state index in [0.29, 0.717) is 42.5 Å². The van der Waals surface area contributed by atoms with Gasteiger partial charge in [0.25, 0.3) is 0 Å². The first-order chi connectivity index (χ1) is 13.7. The Labute approximate surface area is 166 Å². The molecule has 1 atom stereocenters. The van der Waals surface area contributed by atoms with Crippen molar-refractivity contribution in [2.45, 2.75) is 38.0 Å². The molecule has 0 N–H and O–H groups in total. The van der Waals surface area contributed by atoms with Crippen LogP contribution in [-0.2, 0) is 11.2 Å². The second kappa shape index (κ2) is 8.60. The molecule has 3 aromatic rings. The third kappa shape index (κ3) is 4.44. The van der Waals surface area contributed by atoms with Crippen molar-refractivity contribution in [3.8, 4) is 11.4 Å². The summed E-state index contributed by atoms with van der Waals surface area (Å²) in [6, 6.07) is 5.95. The van der Waals surface area contributed by atoms with Crippen LogP contribution in [-0.4, -0.2) is 39.0 Å². The maximum absolute atomic E-state index is 13.0. The van der Waals surface area contributed by atoms with Gasteiger partial charge in [-0.2, -0.15) is 4.98 Å². The van der Waals surface area contributed by atoms with Crippen LogP contribution >= 0.6 is 11.3 Å². The number of carbonyl (C=O) groups excluding carboxylic acids is 1. The Hall–Kier alpha value is -2.61. The molecular formula is C20H21FN4O2S. The summed E-state index contributed by atoms with van der Waals surface area (Å²) >= 11 is 1.66. The number of amides is 1. The molecule has 0 spiro atoms. The zero-order valence-corrected chi connectivity index (χ0v) is 16.2. The fourth-order valence-electron chi connectivity index (χ4n) is 3.46. The highest BCUT2D eigenvalue weighted by Crippen LogP contribution is 2.28. The van der Waals surface area contributed by atoms with Crippen molar-refractivity contribution in [3.05, 3.63) is 52.6 Å². The molecule has 2 aromatic heterocycles. The summed E-state index contributed by atoms with van der Waals surface area (Å²) in [5.41, 5.74) is 0.703. The molecule has 1 fully saturated rings. The summed E-state index contributed by atoms with van der Waals surface area (Å²) in [6.07, 6.45) is 5.59. The highest BCUT2D eigenvalue weighted by molar-refractivity contribution is 7.09. The predicted octanol–water partition coefficient (Wildman–Crippen LogP) is 4.06. The number of hydrogen-bond donors (Lipinski definition) is 0. The molecule has 8 heteroatoms. The Kier molecular flexibility index (Phi) is 5.76. The average Bonchev–Trinajstić information content (AvgIpc) is 3.41. The Bertz CT molecular complexity index is 911. The number of aryl methyl sites for hydroxylation is 1. The maximum Gasteiger partial charge on any atom is 0.226 e. The highest BCUT2D eigenvalue weighted by atomic mass is 32.1. The number of rotatable bonds is 6. The quantitative estimate of drug-likeness (QED) is 0.624. The number of likely N-dealkylation sites (tertiary alicyclic amines) is 1.